The Hall–Kier alpha value is -1.50. The maximum atomic E-state index is 9.43. The summed E-state index contributed by atoms with van der Waals surface area (Å²) >= 11 is 0. The van der Waals surface area contributed by atoms with Gasteiger partial charge in [-0.25, -0.2) is 0 Å². The molecule has 0 radical (unpaired) electrons. The molecule has 1 nitrogen and oxygen atoms in total. The molecule has 0 aliphatic carbocycles. The minimum Gasteiger partial charge on any atom is -0.507 e. The highest BCUT2D eigenvalue weighted by Gasteiger charge is 1.98. The zero-order valence-corrected chi connectivity index (χ0v) is 7.12. The number of hydrogen-bond acceptors (Lipinski definition) is 1. The van der Waals surface area contributed by atoms with Crippen molar-refractivity contribution in [1.82, 2.24) is 0 Å². The van der Waals surface area contributed by atoms with Crippen LogP contribution in [0.1, 0.15) is 11.1 Å². The van der Waals surface area contributed by atoms with Crippen molar-refractivity contribution in [3.8, 4) is 5.75 Å². The van der Waals surface area contributed by atoms with Crippen LogP contribution in [0.25, 0.3) is 6.08 Å². The van der Waals surface area contributed by atoms with E-state index in [9.17, 15) is 5.11 Å². The maximum Gasteiger partial charge on any atom is 0.123 e. The summed E-state index contributed by atoms with van der Waals surface area (Å²) in [6.45, 7) is 5.53. The fourth-order valence-electron chi connectivity index (χ4n) is 1.05. The molecule has 1 N–H and O–H groups in total. The van der Waals surface area contributed by atoms with Crippen LogP contribution in [0.5, 0.6) is 5.75 Å². The normalized spacial score (nSPS) is 10.4. The van der Waals surface area contributed by atoms with E-state index in [1.807, 2.05) is 31.2 Å². The van der Waals surface area contributed by atoms with Crippen LogP contribution in [0.2, 0.25) is 0 Å². The van der Waals surface area contributed by atoms with Crippen LogP contribution in [-0.2, 0) is 0 Å². The summed E-state index contributed by atoms with van der Waals surface area (Å²) in [6, 6.07) is 5.47. The van der Waals surface area contributed by atoms with E-state index in [1.165, 1.54) is 0 Å². The molecule has 0 bridgehead atoms. The fraction of sp³-hybridized carbons (Fsp3) is 0.0909. The molecule has 12 heavy (non-hydrogen) atoms. The van der Waals surface area contributed by atoms with Gasteiger partial charge in [-0.05, 0) is 18.6 Å². The number of phenols is 1. The lowest BCUT2D eigenvalue weighted by atomic mass is 10.1. The lowest BCUT2D eigenvalue weighted by Crippen LogP contribution is -1.79. The number of aryl methyl sites for hydroxylation is 1. The van der Waals surface area contributed by atoms with Crippen LogP contribution in [0.4, 0.5) is 0 Å². The first-order valence-electron chi connectivity index (χ1n) is 3.83. The van der Waals surface area contributed by atoms with E-state index >= 15 is 0 Å². The standard InChI is InChI=1S/C11H12O/c1-3-4-7-10-9(2)6-5-8-11(10)12/h3-8,12H,1H2,2H3/b7-4-. The molecule has 0 aliphatic heterocycles. The van der Waals surface area contributed by atoms with Crippen LogP contribution in [-0.4, -0.2) is 5.11 Å². The third-order valence-electron chi connectivity index (χ3n) is 1.70. The lowest BCUT2D eigenvalue weighted by Gasteiger charge is -2.01. The van der Waals surface area contributed by atoms with Gasteiger partial charge in [-0.2, -0.15) is 0 Å². The minimum atomic E-state index is 0.313. The Morgan fingerprint density at radius 3 is 2.75 bits per heavy atom. The Labute approximate surface area is 72.7 Å². The third kappa shape index (κ3) is 1.76. The van der Waals surface area contributed by atoms with Crippen LogP contribution in [0.3, 0.4) is 0 Å². The zero-order valence-electron chi connectivity index (χ0n) is 7.12. The Bertz CT molecular complexity index is 291. The average molecular weight is 160 g/mol. The first-order chi connectivity index (χ1) is 5.75. The molecule has 62 valence electrons. The van der Waals surface area contributed by atoms with Crippen molar-refractivity contribution in [2.24, 2.45) is 0 Å². The van der Waals surface area contributed by atoms with E-state index in [4.69, 9.17) is 0 Å². The molecule has 1 heteroatoms. The van der Waals surface area contributed by atoms with Crippen LogP contribution >= 0.6 is 0 Å². The second kappa shape index (κ2) is 3.77. The molecule has 1 rings (SSSR count). The van der Waals surface area contributed by atoms with Crippen molar-refractivity contribution in [3.63, 3.8) is 0 Å². The predicted octanol–water partition coefficient (Wildman–Crippen LogP) is 2.90. The molecule has 0 aromatic heterocycles. The minimum absolute atomic E-state index is 0.313. The Morgan fingerprint density at radius 2 is 2.17 bits per heavy atom. The van der Waals surface area contributed by atoms with Crippen molar-refractivity contribution < 1.29 is 5.11 Å². The van der Waals surface area contributed by atoms with Gasteiger partial charge in [-0.1, -0.05) is 36.9 Å². The van der Waals surface area contributed by atoms with E-state index in [2.05, 4.69) is 6.58 Å². The molecular formula is C11H12O. The highest BCUT2D eigenvalue weighted by molar-refractivity contribution is 5.61. The molecule has 1 aromatic carbocycles. The van der Waals surface area contributed by atoms with Gasteiger partial charge >= 0.3 is 0 Å². The SMILES string of the molecule is C=C/C=C\c1c(C)cccc1O. The number of rotatable bonds is 2. The number of allylic oxidation sites excluding steroid dienone is 2. The maximum absolute atomic E-state index is 9.43. The first-order valence-corrected chi connectivity index (χ1v) is 3.83. The number of aromatic hydroxyl groups is 1. The van der Waals surface area contributed by atoms with Crippen LogP contribution < -0.4 is 0 Å². The largest absolute Gasteiger partial charge is 0.507 e. The molecule has 0 saturated carbocycles. The van der Waals surface area contributed by atoms with Crippen LogP contribution in [0, 0.1) is 6.92 Å². The van der Waals surface area contributed by atoms with Gasteiger partial charge in [-0.3, -0.25) is 0 Å². The van der Waals surface area contributed by atoms with E-state index in [1.54, 1.807) is 12.1 Å². The van der Waals surface area contributed by atoms with Crippen molar-refractivity contribution in [2.75, 3.05) is 0 Å². The molecule has 0 fully saturated rings. The van der Waals surface area contributed by atoms with Gasteiger partial charge in [0, 0.05) is 5.56 Å². The molecular weight excluding hydrogens is 148 g/mol. The summed E-state index contributed by atoms with van der Waals surface area (Å²) in [4.78, 5) is 0. The molecule has 1 aromatic rings. The van der Waals surface area contributed by atoms with E-state index in [0.29, 0.717) is 5.75 Å². The number of benzene rings is 1. The molecule has 0 unspecified atom stereocenters. The predicted molar refractivity (Wildman–Crippen MR) is 52.1 cm³/mol. The summed E-state index contributed by atoms with van der Waals surface area (Å²) in [5, 5.41) is 9.43. The molecule has 0 saturated heterocycles. The summed E-state index contributed by atoms with van der Waals surface area (Å²) in [6.07, 6.45) is 5.34. The average Bonchev–Trinajstić information content (AvgIpc) is 2.04. The molecule has 0 aliphatic rings. The lowest BCUT2D eigenvalue weighted by molar-refractivity contribution is 0.473. The molecule has 0 heterocycles. The number of phenolic OH excluding ortho intramolecular Hbond substituents is 1. The van der Waals surface area contributed by atoms with Crippen molar-refractivity contribution in [1.29, 1.82) is 0 Å². The van der Waals surface area contributed by atoms with Gasteiger partial charge in [0.05, 0.1) is 0 Å². The van der Waals surface area contributed by atoms with Crippen molar-refractivity contribution >= 4 is 6.08 Å². The third-order valence-corrected chi connectivity index (χ3v) is 1.70. The molecule has 0 atom stereocenters. The summed E-state index contributed by atoms with van der Waals surface area (Å²) < 4.78 is 0. The van der Waals surface area contributed by atoms with Crippen molar-refractivity contribution in [2.45, 2.75) is 6.92 Å². The smallest absolute Gasteiger partial charge is 0.123 e. The summed E-state index contributed by atoms with van der Waals surface area (Å²) in [5.41, 5.74) is 1.92. The van der Waals surface area contributed by atoms with Gasteiger partial charge in [0.1, 0.15) is 5.75 Å². The first kappa shape index (κ1) is 8.60. The van der Waals surface area contributed by atoms with Gasteiger partial charge in [-0.15, -0.1) is 0 Å². The van der Waals surface area contributed by atoms with Gasteiger partial charge in [0.2, 0.25) is 0 Å². The van der Waals surface area contributed by atoms with Gasteiger partial charge < -0.3 is 5.11 Å². The van der Waals surface area contributed by atoms with Crippen molar-refractivity contribution in [3.05, 3.63) is 48.1 Å². The number of hydrogen-bond donors (Lipinski definition) is 1. The Morgan fingerprint density at radius 1 is 1.42 bits per heavy atom. The van der Waals surface area contributed by atoms with Gasteiger partial charge in [0.25, 0.3) is 0 Å². The highest BCUT2D eigenvalue weighted by atomic mass is 16.3. The van der Waals surface area contributed by atoms with E-state index in [-0.39, 0.29) is 0 Å². The van der Waals surface area contributed by atoms with E-state index in [0.717, 1.165) is 11.1 Å². The summed E-state index contributed by atoms with van der Waals surface area (Å²) in [5.74, 6) is 0.313. The highest BCUT2D eigenvalue weighted by Crippen LogP contribution is 2.21. The molecule has 0 amide bonds. The second-order valence-electron chi connectivity index (χ2n) is 2.60. The fourth-order valence-corrected chi connectivity index (χ4v) is 1.05. The second-order valence-corrected chi connectivity index (χ2v) is 2.60. The molecule has 0 spiro atoms. The summed E-state index contributed by atoms with van der Waals surface area (Å²) in [7, 11) is 0. The zero-order chi connectivity index (χ0) is 8.97. The van der Waals surface area contributed by atoms with Crippen LogP contribution in [0.15, 0.2) is 36.9 Å². The monoisotopic (exact) mass is 160 g/mol. The quantitative estimate of drug-likeness (QED) is 0.659. The van der Waals surface area contributed by atoms with E-state index < -0.39 is 0 Å². The topological polar surface area (TPSA) is 20.2 Å². The Balaban J connectivity index is 3.12. The Kier molecular flexibility index (Phi) is 2.70. The van der Waals surface area contributed by atoms with Gasteiger partial charge in [0.15, 0.2) is 0 Å².